The van der Waals surface area contributed by atoms with E-state index in [0.29, 0.717) is 0 Å². The summed E-state index contributed by atoms with van der Waals surface area (Å²) in [6, 6.07) is 0. The Labute approximate surface area is 125 Å². The lowest BCUT2D eigenvalue weighted by Crippen LogP contribution is -2.41. The highest BCUT2D eigenvalue weighted by atomic mass is 32.1. The number of hydrogen-bond donors (Lipinski definition) is 0. The molecule has 1 aliphatic carbocycles. The molecule has 108 valence electrons. The maximum absolute atomic E-state index is 6.08. The van der Waals surface area contributed by atoms with Crippen molar-refractivity contribution < 1.29 is 9.31 Å². The van der Waals surface area contributed by atoms with Crippen LogP contribution in [0, 0.1) is 0 Å². The SMILES string of the molecule is CC1(C)OB(c2cnc(C3=CCCCC3)s2)OC1(C)C. The van der Waals surface area contributed by atoms with E-state index in [0.717, 1.165) is 16.2 Å². The molecule has 3 nitrogen and oxygen atoms in total. The van der Waals surface area contributed by atoms with Crippen molar-refractivity contribution in [1.29, 1.82) is 0 Å². The van der Waals surface area contributed by atoms with Gasteiger partial charge in [0.1, 0.15) is 5.01 Å². The molecule has 0 amide bonds. The van der Waals surface area contributed by atoms with Crippen LogP contribution in [0.5, 0.6) is 0 Å². The third-order valence-electron chi connectivity index (χ3n) is 4.57. The van der Waals surface area contributed by atoms with Crippen molar-refractivity contribution in [2.75, 3.05) is 0 Å². The van der Waals surface area contributed by atoms with Crippen LogP contribution < -0.4 is 4.78 Å². The lowest BCUT2D eigenvalue weighted by molar-refractivity contribution is 0.00578. The molecule has 0 spiro atoms. The van der Waals surface area contributed by atoms with Gasteiger partial charge in [0.05, 0.1) is 16.0 Å². The summed E-state index contributed by atoms with van der Waals surface area (Å²) in [5.74, 6) is 0. The molecule has 0 aromatic carbocycles. The van der Waals surface area contributed by atoms with E-state index in [2.05, 4.69) is 38.8 Å². The minimum atomic E-state index is -0.286. The van der Waals surface area contributed by atoms with Gasteiger partial charge in [-0.2, -0.15) is 0 Å². The molecule has 1 aromatic rings. The molecule has 2 aliphatic rings. The van der Waals surface area contributed by atoms with E-state index in [-0.39, 0.29) is 18.3 Å². The van der Waals surface area contributed by atoms with E-state index in [9.17, 15) is 0 Å². The second kappa shape index (κ2) is 4.97. The van der Waals surface area contributed by atoms with Gasteiger partial charge in [0.2, 0.25) is 0 Å². The highest BCUT2D eigenvalue weighted by Gasteiger charge is 2.52. The normalized spacial score (nSPS) is 24.8. The van der Waals surface area contributed by atoms with Gasteiger partial charge in [-0.3, -0.25) is 0 Å². The minimum absolute atomic E-state index is 0.282. The lowest BCUT2D eigenvalue weighted by Gasteiger charge is -2.32. The molecule has 1 fully saturated rings. The Balaban J connectivity index is 1.80. The van der Waals surface area contributed by atoms with Crippen LogP contribution >= 0.6 is 11.3 Å². The van der Waals surface area contributed by atoms with Crippen LogP contribution in [0.4, 0.5) is 0 Å². The highest BCUT2D eigenvalue weighted by Crippen LogP contribution is 2.37. The summed E-state index contributed by atoms with van der Waals surface area (Å²) in [6.45, 7) is 8.33. The number of rotatable bonds is 2. The van der Waals surface area contributed by atoms with E-state index in [1.807, 2.05) is 6.20 Å². The van der Waals surface area contributed by atoms with Crippen LogP contribution in [0.25, 0.3) is 5.57 Å². The molecule has 0 atom stereocenters. The van der Waals surface area contributed by atoms with Crippen LogP contribution in [0.15, 0.2) is 12.3 Å². The minimum Gasteiger partial charge on any atom is -0.399 e. The number of nitrogens with zero attached hydrogens (tertiary/aromatic N) is 1. The number of allylic oxidation sites excluding steroid dienone is 2. The van der Waals surface area contributed by atoms with Crippen molar-refractivity contribution in [3.63, 3.8) is 0 Å². The molecule has 0 saturated carbocycles. The standard InChI is InChI=1S/C15H22BNO2S/c1-14(2)15(3,4)19-16(18-14)12-10-17-13(20-12)11-8-6-5-7-9-11/h8,10H,5-7,9H2,1-4H3. The first-order valence-electron chi connectivity index (χ1n) is 7.40. The van der Waals surface area contributed by atoms with Gasteiger partial charge in [-0.15, -0.1) is 11.3 Å². The average Bonchev–Trinajstić information content (AvgIpc) is 2.94. The molecule has 2 heterocycles. The highest BCUT2D eigenvalue weighted by molar-refractivity contribution is 7.22. The molecule has 20 heavy (non-hydrogen) atoms. The largest absolute Gasteiger partial charge is 0.507 e. The third-order valence-corrected chi connectivity index (χ3v) is 5.67. The van der Waals surface area contributed by atoms with Crippen molar-refractivity contribution in [2.45, 2.75) is 64.6 Å². The van der Waals surface area contributed by atoms with Crippen molar-refractivity contribution in [2.24, 2.45) is 0 Å². The fraction of sp³-hybridized carbons (Fsp3) is 0.667. The number of thiazole rings is 1. The zero-order valence-corrected chi connectivity index (χ0v) is 13.5. The molecule has 1 aromatic heterocycles. The maximum Gasteiger partial charge on any atom is 0.507 e. The Bertz CT molecular complexity index is 520. The second-order valence-electron chi connectivity index (χ2n) is 6.63. The Kier molecular flexibility index (Phi) is 3.55. The summed E-state index contributed by atoms with van der Waals surface area (Å²) in [4.78, 5) is 4.57. The van der Waals surface area contributed by atoms with Crippen LogP contribution in [0.1, 0.15) is 58.4 Å². The van der Waals surface area contributed by atoms with Gasteiger partial charge in [-0.25, -0.2) is 4.98 Å². The van der Waals surface area contributed by atoms with Gasteiger partial charge >= 0.3 is 7.12 Å². The van der Waals surface area contributed by atoms with Gasteiger partial charge in [0, 0.05) is 6.20 Å². The lowest BCUT2D eigenvalue weighted by atomic mass is 9.89. The maximum atomic E-state index is 6.08. The fourth-order valence-electron chi connectivity index (χ4n) is 2.54. The van der Waals surface area contributed by atoms with Crippen LogP contribution in [-0.4, -0.2) is 23.3 Å². The van der Waals surface area contributed by atoms with Crippen LogP contribution in [0.2, 0.25) is 0 Å². The quantitative estimate of drug-likeness (QED) is 0.783. The Morgan fingerprint density at radius 2 is 1.85 bits per heavy atom. The van der Waals surface area contributed by atoms with E-state index in [4.69, 9.17) is 9.31 Å². The molecule has 0 bridgehead atoms. The number of hydrogen-bond acceptors (Lipinski definition) is 4. The predicted octanol–water partition coefficient (Wildman–Crippen LogP) is 3.40. The molecule has 1 saturated heterocycles. The van der Waals surface area contributed by atoms with Gasteiger partial charge in [-0.05, 0) is 59.0 Å². The summed E-state index contributed by atoms with van der Waals surface area (Å²) >= 11 is 1.71. The molecule has 0 N–H and O–H groups in total. The van der Waals surface area contributed by atoms with E-state index < -0.39 is 0 Å². The van der Waals surface area contributed by atoms with Gasteiger partial charge < -0.3 is 9.31 Å². The Hall–Kier alpha value is -0.645. The van der Waals surface area contributed by atoms with Crippen LogP contribution in [0.3, 0.4) is 0 Å². The zero-order chi connectivity index (χ0) is 14.4. The molecular formula is C15H22BNO2S. The summed E-state index contributed by atoms with van der Waals surface area (Å²) in [7, 11) is -0.282. The Morgan fingerprint density at radius 1 is 1.15 bits per heavy atom. The van der Waals surface area contributed by atoms with Crippen LogP contribution in [-0.2, 0) is 9.31 Å². The number of aromatic nitrogens is 1. The molecule has 0 radical (unpaired) electrons. The van der Waals surface area contributed by atoms with E-state index in [1.165, 1.54) is 24.8 Å². The molecular weight excluding hydrogens is 269 g/mol. The molecule has 0 unspecified atom stereocenters. The molecule has 1 aliphatic heterocycles. The Morgan fingerprint density at radius 3 is 2.45 bits per heavy atom. The first-order valence-corrected chi connectivity index (χ1v) is 8.21. The smallest absolute Gasteiger partial charge is 0.399 e. The van der Waals surface area contributed by atoms with Gasteiger partial charge in [-0.1, -0.05) is 6.08 Å². The first kappa shape index (κ1) is 14.3. The molecule has 5 heteroatoms. The summed E-state index contributed by atoms with van der Waals surface area (Å²) in [6.07, 6.45) is 9.15. The summed E-state index contributed by atoms with van der Waals surface area (Å²) in [5.41, 5.74) is 0.821. The van der Waals surface area contributed by atoms with E-state index >= 15 is 0 Å². The van der Waals surface area contributed by atoms with E-state index in [1.54, 1.807) is 11.3 Å². The van der Waals surface area contributed by atoms with Gasteiger partial charge in [0.25, 0.3) is 0 Å². The second-order valence-corrected chi connectivity index (χ2v) is 7.69. The van der Waals surface area contributed by atoms with Crippen molar-refractivity contribution in [3.8, 4) is 0 Å². The average molecular weight is 291 g/mol. The van der Waals surface area contributed by atoms with Crippen molar-refractivity contribution >= 4 is 28.8 Å². The topological polar surface area (TPSA) is 31.4 Å². The third kappa shape index (κ3) is 2.47. The molecule has 3 rings (SSSR count). The summed E-state index contributed by atoms with van der Waals surface area (Å²) in [5, 5.41) is 1.13. The predicted molar refractivity (Wildman–Crippen MR) is 84.3 cm³/mol. The fourth-order valence-corrected chi connectivity index (χ4v) is 3.48. The first-order chi connectivity index (χ1) is 9.39. The zero-order valence-electron chi connectivity index (χ0n) is 12.7. The monoisotopic (exact) mass is 291 g/mol. The van der Waals surface area contributed by atoms with Crippen molar-refractivity contribution in [3.05, 3.63) is 17.3 Å². The van der Waals surface area contributed by atoms with Gasteiger partial charge in [0.15, 0.2) is 0 Å². The van der Waals surface area contributed by atoms with Crippen molar-refractivity contribution in [1.82, 2.24) is 4.98 Å². The summed E-state index contributed by atoms with van der Waals surface area (Å²) < 4.78 is 13.2.